The van der Waals surface area contributed by atoms with E-state index in [4.69, 9.17) is 4.74 Å². The number of nitrogens with zero attached hydrogens (tertiary/aromatic N) is 2. The number of guanidine groups is 1. The molecule has 0 spiro atoms. The van der Waals surface area contributed by atoms with Crippen molar-refractivity contribution in [2.24, 2.45) is 10.9 Å². The third kappa shape index (κ3) is 8.71. The molecule has 1 amide bonds. The summed E-state index contributed by atoms with van der Waals surface area (Å²) < 4.78 is 5.87. The van der Waals surface area contributed by atoms with Crippen molar-refractivity contribution in [1.29, 1.82) is 0 Å². The van der Waals surface area contributed by atoms with Gasteiger partial charge in [-0.1, -0.05) is 44.2 Å². The Bertz CT molecular complexity index is 606. The second-order valence-corrected chi connectivity index (χ2v) is 7.48. The molecule has 0 bridgehead atoms. The van der Waals surface area contributed by atoms with Crippen LogP contribution in [-0.2, 0) is 16.1 Å². The summed E-state index contributed by atoms with van der Waals surface area (Å²) in [6.07, 6.45) is 0.128. The van der Waals surface area contributed by atoms with E-state index in [9.17, 15) is 4.79 Å². The lowest BCUT2D eigenvalue weighted by atomic mass is 10.2. The summed E-state index contributed by atoms with van der Waals surface area (Å²) in [5, 5.41) is 9.38. The number of aliphatic imine (C=N–C) groups is 1. The molecular formula is C21H35N5O2. The zero-order valence-corrected chi connectivity index (χ0v) is 17.4. The highest BCUT2D eigenvalue weighted by Crippen LogP contribution is 2.07. The largest absolute Gasteiger partial charge is 0.374 e. The average molecular weight is 390 g/mol. The Labute approximate surface area is 168 Å². The topological polar surface area (TPSA) is 78.0 Å². The zero-order chi connectivity index (χ0) is 20.2. The molecule has 1 unspecified atom stereocenters. The molecule has 156 valence electrons. The van der Waals surface area contributed by atoms with Crippen LogP contribution in [0, 0.1) is 5.92 Å². The first kappa shape index (κ1) is 22.2. The molecule has 1 aromatic rings. The molecule has 7 nitrogen and oxygen atoms in total. The molecular weight excluding hydrogens is 354 g/mol. The van der Waals surface area contributed by atoms with Crippen molar-refractivity contribution in [2.75, 3.05) is 45.9 Å². The first-order valence-corrected chi connectivity index (χ1v) is 10.2. The van der Waals surface area contributed by atoms with Crippen molar-refractivity contribution in [3.63, 3.8) is 0 Å². The van der Waals surface area contributed by atoms with Crippen molar-refractivity contribution in [2.45, 2.75) is 33.4 Å². The Morgan fingerprint density at radius 1 is 1.25 bits per heavy atom. The van der Waals surface area contributed by atoms with Crippen molar-refractivity contribution in [3.05, 3.63) is 35.9 Å². The van der Waals surface area contributed by atoms with Crippen LogP contribution >= 0.6 is 0 Å². The van der Waals surface area contributed by atoms with Gasteiger partial charge in [-0.25, -0.2) is 4.99 Å². The van der Waals surface area contributed by atoms with Gasteiger partial charge in [0.25, 0.3) is 0 Å². The van der Waals surface area contributed by atoms with Crippen LogP contribution < -0.4 is 16.0 Å². The highest BCUT2D eigenvalue weighted by molar-refractivity contribution is 5.84. The second-order valence-electron chi connectivity index (χ2n) is 7.48. The fraction of sp³-hybridized carbons (Fsp3) is 0.619. The zero-order valence-electron chi connectivity index (χ0n) is 17.4. The molecule has 1 fully saturated rings. The molecule has 28 heavy (non-hydrogen) atoms. The van der Waals surface area contributed by atoms with Crippen molar-refractivity contribution in [3.8, 4) is 0 Å². The van der Waals surface area contributed by atoms with E-state index in [1.54, 1.807) is 0 Å². The molecule has 0 saturated carbocycles. The van der Waals surface area contributed by atoms with Crippen LogP contribution in [0.5, 0.6) is 0 Å². The van der Waals surface area contributed by atoms with Crippen molar-refractivity contribution < 1.29 is 9.53 Å². The Balaban J connectivity index is 1.75. The van der Waals surface area contributed by atoms with Crippen LogP contribution in [0.4, 0.5) is 0 Å². The molecule has 2 rings (SSSR count). The van der Waals surface area contributed by atoms with Gasteiger partial charge >= 0.3 is 0 Å². The van der Waals surface area contributed by atoms with Gasteiger partial charge in [-0.05, 0) is 18.4 Å². The van der Waals surface area contributed by atoms with E-state index in [2.05, 4.69) is 39.7 Å². The first-order chi connectivity index (χ1) is 13.6. The highest BCUT2D eigenvalue weighted by Gasteiger charge is 2.21. The minimum absolute atomic E-state index is 0.0904. The lowest BCUT2D eigenvalue weighted by Gasteiger charge is -2.34. The van der Waals surface area contributed by atoms with Crippen LogP contribution in [0.1, 0.15) is 26.3 Å². The molecule has 0 radical (unpaired) electrons. The van der Waals surface area contributed by atoms with E-state index >= 15 is 0 Å². The third-order valence-corrected chi connectivity index (χ3v) is 4.40. The van der Waals surface area contributed by atoms with Gasteiger partial charge in [-0.2, -0.15) is 0 Å². The maximum atomic E-state index is 12.1. The Morgan fingerprint density at radius 2 is 2.04 bits per heavy atom. The van der Waals surface area contributed by atoms with Gasteiger partial charge in [0.1, 0.15) is 6.54 Å². The average Bonchev–Trinajstić information content (AvgIpc) is 2.69. The minimum atomic E-state index is -0.0990. The quantitative estimate of drug-likeness (QED) is 0.437. The van der Waals surface area contributed by atoms with E-state index in [0.717, 1.165) is 38.3 Å². The van der Waals surface area contributed by atoms with Gasteiger partial charge < -0.3 is 20.7 Å². The molecule has 0 aromatic heterocycles. The van der Waals surface area contributed by atoms with E-state index in [1.165, 1.54) is 0 Å². The SMILES string of the molecule is CCNC(=NCC(=O)NCc1ccccc1)NCC1CN(CC(C)C)CCO1. The lowest BCUT2D eigenvalue weighted by molar-refractivity contribution is -0.119. The Hall–Kier alpha value is -2.12. The number of nitrogens with one attached hydrogen (secondary N) is 3. The third-order valence-electron chi connectivity index (χ3n) is 4.40. The maximum absolute atomic E-state index is 12.1. The number of amides is 1. The first-order valence-electron chi connectivity index (χ1n) is 10.2. The summed E-state index contributed by atoms with van der Waals surface area (Å²) in [5.74, 6) is 1.19. The molecule has 1 saturated heterocycles. The summed E-state index contributed by atoms with van der Waals surface area (Å²) in [4.78, 5) is 18.9. The normalized spacial score (nSPS) is 18.1. The molecule has 1 aliphatic heterocycles. The molecule has 1 aromatic carbocycles. The van der Waals surface area contributed by atoms with Crippen LogP contribution in [0.3, 0.4) is 0 Å². The summed E-state index contributed by atoms with van der Waals surface area (Å²) >= 11 is 0. The van der Waals surface area contributed by atoms with E-state index in [-0.39, 0.29) is 18.6 Å². The highest BCUT2D eigenvalue weighted by atomic mass is 16.5. The van der Waals surface area contributed by atoms with Crippen LogP contribution in [0.15, 0.2) is 35.3 Å². The molecule has 3 N–H and O–H groups in total. The molecule has 1 aliphatic rings. The number of morpholine rings is 1. The van der Waals surface area contributed by atoms with E-state index in [1.807, 2.05) is 37.3 Å². The number of ether oxygens (including phenoxy) is 1. The molecule has 7 heteroatoms. The maximum Gasteiger partial charge on any atom is 0.242 e. The minimum Gasteiger partial charge on any atom is -0.374 e. The predicted octanol–water partition coefficient (Wildman–Crippen LogP) is 1.21. The molecule has 1 atom stereocenters. The standard InChI is InChI=1S/C21H35N5O2/c1-4-22-21(24-13-19-16-26(10-11-28-19)15-17(2)3)25-14-20(27)23-12-18-8-6-5-7-9-18/h5-9,17,19H,4,10-16H2,1-3H3,(H,23,27)(H2,22,24,25). The van der Waals surface area contributed by atoms with Gasteiger partial charge in [0, 0.05) is 39.3 Å². The van der Waals surface area contributed by atoms with E-state index < -0.39 is 0 Å². The summed E-state index contributed by atoms with van der Waals surface area (Å²) in [6, 6.07) is 9.86. The summed E-state index contributed by atoms with van der Waals surface area (Å²) in [7, 11) is 0. The fourth-order valence-corrected chi connectivity index (χ4v) is 3.14. The van der Waals surface area contributed by atoms with Crippen LogP contribution in [-0.4, -0.2) is 68.7 Å². The number of rotatable bonds is 9. The number of hydrogen-bond donors (Lipinski definition) is 3. The van der Waals surface area contributed by atoms with Gasteiger partial charge in [-0.3, -0.25) is 9.69 Å². The van der Waals surface area contributed by atoms with Gasteiger partial charge in [0.05, 0.1) is 12.7 Å². The van der Waals surface area contributed by atoms with Gasteiger partial charge in [0.2, 0.25) is 5.91 Å². The van der Waals surface area contributed by atoms with Crippen LogP contribution in [0.2, 0.25) is 0 Å². The van der Waals surface area contributed by atoms with Crippen LogP contribution in [0.25, 0.3) is 0 Å². The monoisotopic (exact) mass is 389 g/mol. The van der Waals surface area contributed by atoms with E-state index in [0.29, 0.717) is 25.0 Å². The Morgan fingerprint density at radius 3 is 2.75 bits per heavy atom. The fourth-order valence-electron chi connectivity index (χ4n) is 3.14. The predicted molar refractivity (Wildman–Crippen MR) is 113 cm³/mol. The Kier molecular flexibility index (Phi) is 9.79. The number of benzene rings is 1. The number of carbonyl (C=O) groups excluding carboxylic acids is 1. The smallest absolute Gasteiger partial charge is 0.242 e. The summed E-state index contributed by atoms with van der Waals surface area (Å²) in [5.41, 5.74) is 1.07. The molecule has 0 aliphatic carbocycles. The van der Waals surface area contributed by atoms with Gasteiger partial charge in [0.15, 0.2) is 5.96 Å². The van der Waals surface area contributed by atoms with Crippen molar-refractivity contribution >= 4 is 11.9 Å². The number of carbonyl (C=O) groups is 1. The van der Waals surface area contributed by atoms with Gasteiger partial charge in [-0.15, -0.1) is 0 Å². The summed E-state index contributed by atoms with van der Waals surface area (Å²) in [6.45, 7) is 12.3. The number of hydrogen-bond acceptors (Lipinski definition) is 4. The van der Waals surface area contributed by atoms with Crippen molar-refractivity contribution in [1.82, 2.24) is 20.9 Å². The lowest BCUT2D eigenvalue weighted by Crippen LogP contribution is -2.50. The second kappa shape index (κ2) is 12.4. The molecule has 1 heterocycles.